The molecule has 0 saturated carbocycles. The van der Waals surface area contributed by atoms with Gasteiger partial charge in [-0.1, -0.05) is 32.6 Å². The van der Waals surface area contributed by atoms with Crippen LogP contribution in [0, 0.1) is 0 Å². The Morgan fingerprint density at radius 3 is 2.38 bits per heavy atom. The number of nitrogens with zero attached hydrogens (tertiary/aromatic N) is 2. The lowest BCUT2D eigenvalue weighted by atomic mass is 10.1. The number of hydrazone groups is 1. The summed E-state index contributed by atoms with van der Waals surface area (Å²) < 4.78 is 0. The molecule has 21 heavy (non-hydrogen) atoms. The van der Waals surface area contributed by atoms with E-state index in [1.54, 1.807) is 6.92 Å². The summed E-state index contributed by atoms with van der Waals surface area (Å²) in [5.74, 6) is -0.460. The number of carbonyl (C=O) groups excluding carboxylic acids is 3. The molecule has 1 rings (SSSR count). The van der Waals surface area contributed by atoms with E-state index in [0.717, 1.165) is 19.3 Å². The molecule has 3 amide bonds. The SMILES string of the molecule is CCCCCCCC(=O)NN=C(C)CN1C(=O)CCC1=O. The van der Waals surface area contributed by atoms with Crippen molar-refractivity contribution >= 4 is 23.4 Å². The molecule has 0 unspecified atom stereocenters. The fourth-order valence-electron chi connectivity index (χ4n) is 2.17. The molecule has 6 nitrogen and oxygen atoms in total. The molecule has 1 heterocycles. The summed E-state index contributed by atoms with van der Waals surface area (Å²) in [7, 11) is 0. The van der Waals surface area contributed by atoms with Crippen molar-refractivity contribution in [2.75, 3.05) is 6.54 Å². The third-order valence-electron chi connectivity index (χ3n) is 3.42. The Balaban J connectivity index is 2.23. The van der Waals surface area contributed by atoms with Gasteiger partial charge in [-0.3, -0.25) is 19.3 Å². The molecule has 0 radical (unpaired) electrons. The van der Waals surface area contributed by atoms with E-state index < -0.39 is 0 Å². The summed E-state index contributed by atoms with van der Waals surface area (Å²) in [5.41, 5.74) is 3.03. The number of hydrogen-bond acceptors (Lipinski definition) is 4. The molecule has 0 aromatic carbocycles. The van der Waals surface area contributed by atoms with Crippen molar-refractivity contribution in [3.8, 4) is 0 Å². The van der Waals surface area contributed by atoms with Crippen LogP contribution in [0.15, 0.2) is 5.10 Å². The largest absolute Gasteiger partial charge is 0.277 e. The molecular weight excluding hydrogens is 270 g/mol. The third-order valence-corrected chi connectivity index (χ3v) is 3.42. The first kappa shape index (κ1) is 17.3. The van der Waals surface area contributed by atoms with E-state index in [1.807, 2.05) is 0 Å². The first-order valence-electron chi connectivity index (χ1n) is 7.69. The Kier molecular flexibility index (Phi) is 7.64. The average molecular weight is 295 g/mol. The van der Waals surface area contributed by atoms with Gasteiger partial charge in [0, 0.05) is 19.3 Å². The third kappa shape index (κ3) is 6.51. The van der Waals surface area contributed by atoms with Crippen LogP contribution in [0.5, 0.6) is 0 Å². The smallest absolute Gasteiger partial charge is 0.240 e. The second-order valence-electron chi connectivity index (χ2n) is 5.42. The van der Waals surface area contributed by atoms with Crippen LogP contribution in [0.1, 0.15) is 65.2 Å². The average Bonchev–Trinajstić information content (AvgIpc) is 2.77. The molecule has 0 aromatic heterocycles. The van der Waals surface area contributed by atoms with Crippen molar-refractivity contribution in [2.24, 2.45) is 5.10 Å². The van der Waals surface area contributed by atoms with Crippen molar-refractivity contribution in [1.29, 1.82) is 0 Å². The normalized spacial score (nSPS) is 15.7. The monoisotopic (exact) mass is 295 g/mol. The Hall–Kier alpha value is -1.72. The van der Waals surface area contributed by atoms with Crippen LogP contribution in [-0.4, -0.2) is 34.9 Å². The highest BCUT2D eigenvalue weighted by molar-refractivity contribution is 6.05. The highest BCUT2D eigenvalue weighted by Gasteiger charge is 2.28. The number of likely N-dealkylation sites (tertiary alicyclic amines) is 1. The van der Waals surface area contributed by atoms with Crippen LogP contribution in [0.4, 0.5) is 0 Å². The maximum absolute atomic E-state index is 11.6. The van der Waals surface area contributed by atoms with E-state index in [-0.39, 0.29) is 37.1 Å². The number of imide groups is 1. The summed E-state index contributed by atoms with van der Waals surface area (Å²) in [6.07, 6.45) is 6.48. The predicted molar refractivity (Wildman–Crippen MR) is 80.6 cm³/mol. The minimum Gasteiger partial charge on any atom is -0.277 e. The minimum atomic E-state index is -0.170. The summed E-state index contributed by atoms with van der Waals surface area (Å²) in [5, 5.41) is 3.94. The zero-order valence-electron chi connectivity index (χ0n) is 13.0. The lowest BCUT2D eigenvalue weighted by Crippen LogP contribution is -2.34. The van der Waals surface area contributed by atoms with Gasteiger partial charge in [0.05, 0.1) is 12.3 Å². The summed E-state index contributed by atoms with van der Waals surface area (Å²) >= 11 is 0. The van der Waals surface area contributed by atoms with Crippen LogP contribution in [0.25, 0.3) is 0 Å². The first-order valence-corrected chi connectivity index (χ1v) is 7.69. The highest BCUT2D eigenvalue weighted by atomic mass is 16.2. The molecule has 1 aliphatic rings. The molecule has 1 N–H and O–H groups in total. The van der Waals surface area contributed by atoms with Gasteiger partial charge in [0.1, 0.15) is 0 Å². The Morgan fingerprint density at radius 1 is 1.14 bits per heavy atom. The number of amides is 3. The van der Waals surface area contributed by atoms with Gasteiger partial charge in [0.25, 0.3) is 0 Å². The minimum absolute atomic E-state index is 0.120. The van der Waals surface area contributed by atoms with E-state index in [4.69, 9.17) is 0 Å². The second kappa shape index (κ2) is 9.26. The van der Waals surface area contributed by atoms with E-state index in [0.29, 0.717) is 12.1 Å². The number of nitrogens with one attached hydrogen (secondary N) is 1. The van der Waals surface area contributed by atoms with Gasteiger partial charge in [-0.15, -0.1) is 0 Å². The quantitative estimate of drug-likeness (QED) is 0.306. The van der Waals surface area contributed by atoms with Crippen LogP contribution in [-0.2, 0) is 14.4 Å². The van der Waals surface area contributed by atoms with Crippen LogP contribution in [0.3, 0.4) is 0 Å². The van der Waals surface area contributed by atoms with Gasteiger partial charge < -0.3 is 0 Å². The van der Waals surface area contributed by atoms with E-state index >= 15 is 0 Å². The standard InChI is InChI=1S/C15H25N3O3/c1-3-4-5-6-7-8-13(19)17-16-12(2)11-18-14(20)9-10-15(18)21/h3-11H2,1-2H3,(H,17,19). The Labute approximate surface area is 126 Å². The van der Waals surface area contributed by atoms with Crippen molar-refractivity contribution in [2.45, 2.75) is 65.2 Å². The van der Waals surface area contributed by atoms with Crippen molar-refractivity contribution in [3.63, 3.8) is 0 Å². The molecule has 0 atom stereocenters. The summed E-state index contributed by atoms with van der Waals surface area (Å²) in [4.78, 5) is 35.7. The number of rotatable bonds is 9. The Morgan fingerprint density at radius 2 is 1.76 bits per heavy atom. The lowest BCUT2D eigenvalue weighted by molar-refractivity contribution is -0.137. The maximum atomic E-state index is 11.6. The molecule has 1 saturated heterocycles. The number of unbranched alkanes of at least 4 members (excludes halogenated alkanes) is 4. The summed E-state index contributed by atoms with van der Waals surface area (Å²) in [6, 6.07) is 0. The zero-order chi connectivity index (χ0) is 15.7. The van der Waals surface area contributed by atoms with Gasteiger partial charge in [0.15, 0.2) is 0 Å². The van der Waals surface area contributed by atoms with Crippen LogP contribution in [0.2, 0.25) is 0 Å². The Bertz CT molecular complexity index is 402. The van der Waals surface area contributed by atoms with Gasteiger partial charge in [-0.25, -0.2) is 5.43 Å². The van der Waals surface area contributed by atoms with Crippen molar-refractivity contribution < 1.29 is 14.4 Å². The molecule has 1 aliphatic heterocycles. The van der Waals surface area contributed by atoms with Crippen molar-refractivity contribution in [1.82, 2.24) is 10.3 Å². The van der Waals surface area contributed by atoms with E-state index in [9.17, 15) is 14.4 Å². The summed E-state index contributed by atoms with van der Waals surface area (Å²) in [6.45, 7) is 4.01. The lowest BCUT2D eigenvalue weighted by Gasteiger charge is -2.13. The fourth-order valence-corrected chi connectivity index (χ4v) is 2.17. The van der Waals surface area contributed by atoms with Gasteiger partial charge in [-0.05, 0) is 13.3 Å². The molecule has 0 aliphatic carbocycles. The van der Waals surface area contributed by atoms with E-state index in [1.165, 1.54) is 17.7 Å². The molecule has 0 spiro atoms. The van der Waals surface area contributed by atoms with Crippen molar-refractivity contribution in [3.05, 3.63) is 0 Å². The second-order valence-corrected chi connectivity index (χ2v) is 5.42. The molecular formula is C15H25N3O3. The predicted octanol–water partition coefficient (Wildman–Crippen LogP) is 1.99. The molecule has 0 aromatic rings. The molecule has 118 valence electrons. The number of hydrogen-bond donors (Lipinski definition) is 1. The molecule has 0 bridgehead atoms. The fraction of sp³-hybridized carbons (Fsp3) is 0.733. The van der Waals surface area contributed by atoms with Gasteiger partial charge in [0.2, 0.25) is 17.7 Å². The number of carbonyl (C=O) groups is 3. The van der Waals surface area contributed by atoms with E-state index in [2.05, 4.69) is 17.5 Å². The molecule has 6 heteroatoms. The maximum Gasteiger partial charge on any atom is 0.240 e. The van der Waals surface area contributed by atoms with Crippen LogP contribution >= 0.6 is 0 Å². The highest BCUT2D eigenvalue weighted by Crippen LogP contribution is 2.11. The first-order chi connectivity index (χ1) is 10.0. The van der Waals surface area contributed by atoms with Crippen LogP contribution < -0.4 is 5.43 Å². The topological polar surface area (TPSA) is 78.8 Å². The molecule has 1 fully saturated rings. The zero-order valence-corrected chi connectivity index (χ0v) is 13.0. The van der Waals surface area contributed by atoms with Gasteiger partial charge in [-0.2, -0.15) is 5.10 Å². The van der Waals surface area contributed by atoms with Gasteiger partial charge >= 0.3 is 0 Å².